The van der Waals surface area contributed by atoms with Gasteiger partial charge in [-0.15, -0.1) is 0 Å². The third-order valence-corrected chi connectivity index (χ3v) is 7.53. The number of ketones is 1. The van der Waals surface area contributed by atoms with Crippen molar-refractivity contribution in [3.8, 4) is 5.69 Å². The van der Waals surface area contributed by atoms with Gasteiger partial charge in [0, 0.05) is 23.0 Å². The summed E-state index contributed by atoms with van der Waals surface area (Å²) in [6.07, 6.45) is 2.36. The minimum atomic E-state index is -0.115. The van der Waals surface area contributed by atoms with E-state index in [0.29, 0.717) is 22.1 Å². The third-order valence-electron chi connectivity index (χ3n) is 6.59. The van der Waals surface area contributed by atoms with Gasteiger partial charge >= 0.3 is 0 Å². The molecule has 6 heteroatoms. The van der Waals surface area contributed by atoms with Crippen LogP contribution in [0.1, 0.15) is 51.8 Å². The van der Waals surface area contributed by atoms with Gasteiger partial charge in [-0.05, 0) is 75.9 Å². The molecule has 168 valence electrons. The highest BCUT2D eigenvalue weighted by molar-refractivity contribution is 7.99. The summed E-state index contributed by atoms with van der Waals surface area (Å²) in [6.45, 7) is 8.14. The van der Waals surface area contributed by atoms with Gasteiger partial charge in [-0.25, -0.2) is 4.98 Å². The molecule has 1 saturated carbocycles. The average Bonchev–Trinajstić information content (AvgIpc) is 3.58. The zero-order valence-electron chi connectivity index (χ0n) is 19.4. The summed E-state index contributed by atoms with van der Waals surface area (Å²) in [6, 6.07) is 15.8. The molecular weight excluding hydrogens is 430 g/mol. The first-order chi connectivity index (χ1) is 15.9. The Bertz CT molecular complexity index is 1460. The summed E-state index contributed by atoms with van der Waals surface area (Å²) >= 11 is 1.33. The maximum absolute atomic E-state index is 13.5. The van der Waals surface area contributed by atoms with Crippen molar-refractivity contribution in [2.24, 2.45) is 0 Å². The average molecular weight is 458 g/mol. The van der Waals surface area contributed by atoms with Gasteiger partial charge < -0.3 is 4.57 Å². The van der Waals surface area contributed by atoms with Crippen LogP contribution in [0.4, 0.5) is 0 Å². The topological polar surface area (TPSA) is 56.9 Å². The quantitative estimate of drug-likeness (QED) is 0.211. The molecule has 1 fully saturated rings. The zero-order valence-corrected chi connectivity index (χ0v) is 20.2. The molecule has 2 aromatic carbocycles. The van der Waals surface area contributed by atoms with Crippen molar-refractivity contribution in [3.63, 3.8) is 0 Å². The number of hydrogen-bond donors (Lipinski definition) is 0. The van der Waals surface area contributed by atoms with Crippen molar-refractivity contribution >= 4 is 28.4 Å². The summed E-state index contributed by atoms with van der Waals surface area (Å²) < 4.78 is 3.95. The van der Waals surface area contributed by atoms with Gasteiger partial charge in [0.1, 0.15) is 0 Å². The summed E-state index contributed by atoms with van der Waals surface area (Å²) in [5, 5.41) is 1.11. The van der Waals surface area contributed by atoms with Gasteiger partial charge in [-0.1, -0.05) is 36.0 Å². The second kappa shape index (κ2) is 8.34. The first-order valence-electron chi connectivity index (χ1n) is 11.3. The van der Waals surface area contributed by atoms with E-state index < -0.39 is 0 Å². The number of benzene rings is 2. The number of aryl methyl sites for hydroxylation is 2. The molecule has 0 atom stereocenters. The zero-order chi connectivity index (χ0) is 23.3. The van der Waals surface area contributed by atoms with E-state index in [1.165, 1.54) is 24.6 Å². The number of carbonyl (C=O) groups is 1. The number of carbonyl (C=O) groups excluding carboxylic acids is 1. The fourth-order valence-corrected chi connectivity index (χ4v) is 5.45. The van der Waals surface area contributed by atoms with E-state index in [0.717, 1.165) is 33.8 Å². The monoisotopic (exact) mass is 457 g/mol. The number of para-hydroxylation sites is 1. The Hall–Kier alpha value is -3.12. The molecule has 5 nitrogen and oxygen atoms in total. The van der Waals surface area contributed by atoms with Crippen LogP contribution < -0.4 is 5.56 Å². The summed E-state index contributed by atoms with van der Waals surface area (Å²) in [5.41, 5.74) is 6.42. The Balaban J connectivity index is 1.55. The van der Waals surface area contributed by atoms with Crippen LogP contribution in [0.2, 0.25) is 0 Å². The van der Waals surface area contributed by atoms with Crippen molar-refractivity contribution in [2.45, 2.75) is 51.7 Å². The minimum Gasteiger partial charge on any atom is -0.345 e. The van der Waals surface area contributed by atoms with Crippen molar-refractivity contribution in [3.05, 3.63) is 87.0 Å². The molecule has 5 rings (SSSR count). The van der Waals surface area contributed by atoms with E-state index >= 15 is 0 Å². The van der Waals surface area contributed by atoms with E-state index in [9.17, 15) is 9.59 Å². The van der Waals surface area contributed by atoms with Gasteiger partial charge in [0.25, 0.3) is 5.56 Å². The summed E-state index contributed by atoms with van der Waals surface area (Å²) in [7, 11) is 0. The van der Waals surface area contributed by atoms with E-state index in [4.69, 9.17) is 4.98 Å². The van der Waals surface area contributed by atoms with Crippen LogP contribution in [-0.2, 0) is 0 Å². The lowest BCUT2D eigenvalue weighted by Crippen LogP contribution is -2.23. The molecular formula is C27H27N3O2S. The van der Waals surface area contributed by atoms with Crippen LogP contribution in [0.15, 0.2) is 58.5 Å². The van der Waals surface area contributed by atoms with Crippen LogP contribution in [0.5, 0.6) is 0 Å². The lowest BCUT2D eigenvalue weighted by Gasteiger charge is -2.16. The van der Waals surface area contributed by atoms with Crippen molar-refractivity contribution in [1.29, 1.82) is 0 Å². The molecule has 0 saturated heterocycles. The molecule has 33 heavy (non-hydrogen) atoms. The lowest BCUT2D eigenvalue weighted by atomic mass is 10.1. The number of thioether (sulfide) groups is 1. The molecule has 0 unspecified atom stereocenters. The molecule has 0 amide bonds. The largest absolute Gasteiger partial charge is 0.345 e. The van der Waals surface area contributed by atoms with Crippen molar-refractivity contribution in [2.75, 3.05) is 5.75 Å². The number of hydrogen-bond acceptors (Lipinski definition) is 4. The maximum Gasteiger partial charge on any atom is 0.266 e. The predicted octanol–water partition coefficient (Wildman–Crippen LogP) is 5.73. The summed E-state index contributed by atoms with van der Waals surface area (Å²) in [5.74, 6) is 0.292. The SMILES string of the molecule is Cc1cccc(-n2c(SCC(=O)c3cc(C)n(C4CC4)c3C)nc3ccccc3c2=O)c1C. The minimum absolute atomic E-state index is 0.0647. The molecule has 2 heterocycles. The van der Waals surface area contributed by atoms with Crippen molar-refractivity contribution in [1.82, 2.24) is 14.1 Å². The highest BCUT2D eigenvalue weighted by Crippen LogP contribution is 2.38. The first-order valence-corrected chi connectivity index (χ1v) is 12.3. The second-order valence-electron chi connectivity index (χ2n) is 8.87. The lowest BCUT2D eigenvalue weighted by molar-refractivity contribution is 0.102. The number of rotatable bonds is 6. The standard InChI is InChI=1S/C27H27N3O2S/c1-16-8-7-11-24(18(16)3)30-26(32)21-9-5-6-10-23(21)28-27(30)33-15-25(31)22-14-17(2)29(19(22)4)20-12-13-20/h5-11,14,20H,12-13,15H2,1-4H3. The van der Waals surface area contributed by atoms with Crippen LogP contribution >= 0.6 is 11.8 Å². The van der Waals surface area contributed by atoms with E-state index in [1.54, 1.807) is 10.6 Å². The second-order valence-corrected chi connectivity index (χ2v) is 9.81. The maximum atomic E-state index is 13.5. The Morgan fingerprint density at radius 1 is 1.06 bits per heavy atom. The fourth-order valence-electron chi connectivity index (χ4n) is 4.56. The van der Waals surface area contributed by atoms with E-state index in [-0.39, 0.29) is 17.1 Å². The molecule has 0 spiro atoms. The Labute approximate surface area is 197 Å². The van der Waals surface area contributed by atoms with Crippen LogP contribution in [0, 0.1) is 27.7 Å². The number of aromatic nitrogens is 3. The number of fused-ring (bicyclic) bond motifs is 1. The molecule has 0 aliphatic heterocycles. The van der Waals surface area contributed by atoms with E-state index in [1.807, 2.05) is 63.2 Å². The fraction of sp³-hybridized carbons (Fsp3) is 0.296. The van der Waals surface area contributed by atoms with Crippen molar-refractivity contribution < 1.29 is 4.79 Å². The third kappa shape index (κ3) is 3.82. The van der Waals surface area contributed by atoms with Crippen LogP contribution in [0.25, 0.3) is 16.6 Å². The number of nitrogens with zero attached hydrogens (tertiary/aromatic N) is 3. The Morgan fingerprint density at radius 2 is 1.82 bits per heavy atom. The molecule has 2 aromatic heterocycles. The van der Waals surface area contributed by atoms with Gasteiger partial charge in [0.15, 0.2) is 10.9 Å². The molecule has 0 radical (unpaired) electrons. The Kier molecular flexibility index (Phi) is 5.49. The molecule has 0 N–H and O–H groups in total. The molecule has 4 aromatic rings. The van der Waals surface area contributed by atoms with Gasteiger partial charge in [-0.3, -0.25) is 14.2 Å². The predicted molar refractivity (Wildman–Crippen MR) is 134 cm³/mol. The van der Waals surface area contributed by atoms with Gasteiger partial charge in [-0.2, -0.15) is 0 Å². The van der Waals surface area contributed by atoms with Gasteiger partial charge in [0.05, 0.1) is 22.3 Å². The molecule has 1 aliphatic carbocycles. The summed E-state index contributed by atoms with van der Waals surface area (Å²) in [4.78, 5) is 31.5. The normalized spacial score (nSPS) is 13.6. The smallest absolute Gasteiger partial charge is 0.266 e. The van der Waals surface area contributed by atoms with Crippen LogP contribution in [0.3, 0.4) is 0 Å². The van der Waals surface area contributed by atoms with E-state index in [2.05, 4.69) is 11.5 Å². The highest BCUT2D eigenvalue weighted by atomic mass is 32.2. The molecule has 0 bridgehead atoms. The van der Waals surface area contributed by atoms with Crippen LogP contribution in [-0.4, -0.2) is 25.7 Å². The van der Waals surface area contributed by atoms with Gasteiger partial charge in [0.2, 0.25) is 0 Å². The highest BCUT2D eigenvalue weighted by Gasteiger charge is 2.28. The Morgan fingerprint density at radius 3 is 2.58 bits per heavy atom. The molecule has 1 aliphatic rings. The number of Topliss-reactive ketones (excluding diaryl/α,β-unsaturated/α-hetero) is 1. The first kappa shape index (κ1) is 21.7.